The number of aryl methyl sites for hydroxylation is 2. The SMILES string of the molecule is Cc1noc2nc3c(c(C(=O)Nc4ccncc4)c12)CCC3. The van der Waals surface area contributed by atoms with Gasteiger partial charge < -0.3 is 9.84 Å². The Hall–Kier alpha value is -2.76. The van der Waals surface area contributed by atoms with Crippen molar-refractivity contribution >= 4 is 22.7 Å². The molecule has 0 unspecified atom stereocenters. The summed E-state index contributed by atoms with van der Waals surface area (Å²) in [6.07, 6.45) is 6.04. The highest BCUT2D eigenvalue weighted by molar-refractivity contribution is 6.13. The number of nitrogens with one attached hydrogen (secondary N) is 1. The van der Waals surface area contributed by atoms with Gasteiger partial charge in [0.15, 0.2) is 0 Å². The topological polar surface area (TPSA) is 80.9 Å². The molecule has 6 nitrogen and oxygen atoms in total. The first kappa shape index (κ1) is 12.9. The van der Waals surface area contributed by atoms with Crippen molar-refractivity contribution in [3.63, 3.8) is 0 Å². The Morgan fingerprint density at radius 3 is 2.91 bits per heavy atom. The number of amides is 1. The highest BCUT2D eigenvalue weighted by Crippen LogP contribution is 2.32. The molecular formula is C16H14N4O2. The molecule has 110 valence electrons. The lowest BCUT2D eigenvalue weighted by Crippen LogP contribution is -2.15. The Labute approximate surface area is 126 Å². The average molecular weight is 294 g/mol. The van der Waals surface area contributed by atoms with Gasteiger partial charge in [0.1, 0.15) is 0 Å². The molecule has 3 heterocycles. The predicted molar refractivity (Wildman–Crippen MR) is 80.8 cm³/mol. The van der Waals surface area contributed by atoms with Gasteiger partial charge in [-0.2, -0.15) is 0 Å². The molecule has 22 heavy (non-hydrogen) atoms. The van der Waals surface area contributed by atoms with Crippen LogP contribution in [0.15, 0.2) is 29.0 Å². The molecule has 0 radical (unpaired) electrons. The Kier molecular flexibility index (Phi) is 2.89. The molecule has 0 aromatic carbocycles. The van der Waals surface area contributed by atoms with Gasteiger partial charge in [-0.15, -0.1) is 0 Å². The second kappa shape index (κ2) is 4.91. The summed E-state index contributed by atoms with van der Waals surface area (Å²) in [4.78, 5) is 21.3. The number of pyridine rings is 2. The van der Waals surface area contributed by atoms with Crippen molar-refractivity contribution in [2.75, 3.05) is 5.32 Å². The summed E-state index contributed by atoms with van der Waals surface area (Å²) in [7, 11) is 0. The molecule has 4 rings (SSSR count). The second-order valence-corrected chi connectivity index (χ2v) is 5.40. The summed E-state index contributed by atoms with van der Waals surface area (Å²) in [6, 6.07) is 3.52. The summed E-state index contributed by atoms with van der Waals surface area (Å²) in [5, 5.41) is 7.59. The molecule has 0 spiro atoms. The third-order valence-corrected chi connectivity index (χ3v) is 3.99. The van der Waals surface area contributed by atoms with Crippen LogP contribution in [0.5, 0.6) is 0 Å². The van der Waals surface area contributed by atoms with Crippen LogP contribution in [0.2, 0.25) is 0 Å². The highest BCUT2D eigenvalue weighted by Gasteiger charge is 2.27. The molecular weight excluding hydrogens is 280 g/mol. The minimum absolute atomic E-state index is 0.150. The highest BCUT2D eigenvalue weighted by atomic mass is 16.5. The molecule has 0 saturated heterocycles. The van der Waals surface area contributed by atoms with E-state index < -0.39 is 0 Å². The maximum atomic E-state index is 12.8. The van der Waals surface area contributed by atoms with Gasteiger partial charge in [-0.1, -0.05) is 5.16 Å². The van der Waals surface area contributed by atoms with E-state index in [-0.39, 0.29) is 5.91 Å². The average Bonchev–Trinajstić information content (AvgIpc) is 3.13. The molecule has 1 aliphatic rings. The van der Waals surface area contributed by atoms with Gasteiger partial charge in [-0.05, 0) is 43.9 Å². The Balaban J connectivity index is 1.86. The second-order valence-electron chi connectivity index (χ2n) is 5.40. The molecule has 1 amide bonds. The van der Waals surface area contributed by atoms with E-state index in [1.165, 1.54) is 0 Å². The van der Waals surface area contributed by atoms with Gasteiger partial charge in [0.25, 0.3) is 11.6 Å². The third-order valence-electron chi connectivity index (χ3n) is 3.99. The van der Waals surface area contributed by atoms with Crippen LogP contribution < -0.4 is 5.32 Å². The number of fused-ring (bicyclic) bond motifs is 2. The first-order valence-electron chi connectivity index (χ1n) is 7.23. The van der Waals surface area contributed by atoms with Crippen molar-refractivity contribution in [2.24, 2.45) is 0 Å². The number of hydrogen-bond acceptors (Lipinski definition) is 5. The van der Waals surface area contributed by atoms with Crippen molar-refractivity contribution in [1.29, 1.82) is 0 Å². The quantitative estimate of drug-likeness (QED) is 0.786. The number of carbonyl (C=O) groups is 1. The van der Waals surface area contributed by atoms with E-state index in [9.17, 15) is 4.79 Å². The van der Waals surface area contributed by atoms with Gasteiger partial charge in [0.05, 0.1) is 16.6 Å². The van der Waals surface area contributed by atoms with Crippen molar-refractivity contribution in [2.45, 2.75) is 26.2 Å². The van der Waals surface area contributed by atoms with E-state index in [1.54, 1.807) is 24.5 Å². The van der Waals surface area contributed by atoms with Crippen LogP contribution in [0.25, 0.3) is 11.1 Å². The van der Waals surface area contributed by atoms with Gasteiger partial charge >= 0.3 is 0 Å². The van der Waals surface area contributed by atoms with Crippen molar-refractivity contribution in [1.82, 2.24) is 15.1 Å². The van der Waals surface area contributed by atoms with Gasteiger partial charge in [0, 0.05) is 23.8 Å². The number of nitrogens with zero attached hydrogens (tertiary/aromatic N) is 3. The summed E-state index contributed by atoms with van der Waals surface area (Å²) < 4.78 is 5.26. The number of anilines is 1. The lowest BCUT2D eigenvalue weighted by atomic mass is 10.0. The zero-order chi connectivity index (χ0) is 15.1. The molecule has 0 atom stereocenters. The third kappa shape index (κ3) is 1.95. The molecule has 6 heteroatoms. The molecule has 0 fully saturated rings. The molecule has 3 aromatic heterocycles. The van der Waals surface area contributed by atoms with Gasteiger partial charge in [-0.25, -0.2) is 4.98 Å². The van der Waals surface area contributed by atoms with Crippen LogP contribution >= 0.6 is 0 Å². The number of rotatable bonds is 2. The van der Waals surface area contributed by atoms with Crippen molar-refractivity contribution < 1.29 is 9.32 Å². The van der Waals surface area contributed by atoms with Crippen LogP contribution in [0, 0.1) is 6.92 Å². The maximum absolute atomic E-state index is 12.8. The minimum atomic E-state index is -0.150. The Bertz CT molecular complexity index is 871. The predicted octanol–water partition coefficient (Wildman–Crippen LogP) is 2.67. The van der Waals surface area contributed by atoms with Crippen LogP contribution in [-0.2, 0) is 12.8 Å². The fourth-order valence-electron chi connectivity index (χ4n) is 3.00. The number of hydrogen-bond donors (Lipinski definition) is 1. The molecule has 0 bridgehead atoms. The maximum Gasteiger partial charge on any atom is 0.259 e. The van der Waals surface area contributed by atoms with Crippen molar-refractivity contribution in [3.05, 3.63) is 47.0 Å². The first-order chi connectivity index (χ1) is 10.7. The summed E-state index contributed by atoms with van der Waals surface area (Å²) in [5.41, 5.74) is 4.46. The van der Waals surface area contributed by atoms with E-state index in [0.717, 1.165) is 30.5 Å². The summed E-state index contributed by atoms with van der Waals surface area (Å²) in [6.45, 7) is 1.83. The van der Waals surface area contributed by atoms with Crippen molar-refractivity contribution in [3.8, 4) is 0 Å². The van der Waals surface area contributed by atoms with E-state index in [4.69, 9.17) is 4.52 Å². The van der Waals surface area contributed by atoms with E-state index in [0.29, 0.717) is 28.0 Å². The zero-order valence-corrected chi connectivity index (χ0v) is 12.1. The van der Waals surface area contributed by atoms with Crippen LogP contribution in [-0.4, -0.2) is 21.0 Å². The summed E-state index contributed by atoms with van der Waals surface area (Å²) in [5.74, 6) is -0.150. The first-order valence-corrected chi connectivity index (χ1v) is 7.23. The zero-order valence-electron chi connectivity index (χ0n) is 12.1. The van der Waals surface area contributed by atoms with E-state index >= 15 is 0 Å². The Morgan fingerprint density at radius 1 is 1.27 bits per heavy atom. The minimum Gasteiger partial charge on any atom is -0.336 e. The molecule has 1 N–H and O–H groups in total. The monoisotopic (exact) mass is 294 g/mol. The smallest absolute Gasteiger partial charge is 0.259 e. The molecule has 1 aliphatic carbocycles. The number of aromatic nitrogens is 3. The fourth-order valence-corrected chi connectivity index (χ4v) is 3.00. The van der Waals surface area contributed by atoms with Crippen LogP contribution in [0.1, 0.15) is 33.7 Å². The lowest BCUT2D eigenvalue weighted by Gasteiger charge is -2.10. The molecule has 0 saturated carbocycles. The van der Waals surface area contributed by atoms with Gasteiger partial charge in [-0.3, -0.25) is 9.78 Å². The Morgan fingerprint density at radius 2 is 2.09 bits per heavy atom. The largest absolute Gasteiger partial charge is 0.336 e. The fraction of sp³-hybridized carbons (Fsp3) is 0.250. The molecule has 0 aliphatic heterocycles. The normalized spacial score (nSPS) is 13.3. The summed E-state index contributed by atoms with van der Waals surface area (Å²) >= 11 is 0. The lowest BCUT2D eigenvalue weighted by molar-refractivity contribution is 0.102. The van der Waals surface area contributed by atoms with Crippen LogP contribution in [0.3, 0.4) is 0 Å². The standard InChI is InChI=1S/C16H14N4O2/c1-9-13-14(15(21)18-10-5-7-17-8-6-10)11-3-2-4-12(11)19-16(13)22-20-9/h5-8H,2-4H2,1H3,(H,17,18,21). The van der Waals surface area contributed by atoms with Crippen LogP contribution in [0.4, 0.5) is 5.69 Å². The van der Waals surface area contributed by atoms with Gasteiger partial charge in [0.2, 0.25) is 0 Å². The van der Waals surface area contributed by atoms with E-state index in [1.807, 2.05) is 6.92 Å². The van der Waals surface area contributed by atoms with E-state index in [2.05, 4.69) is 20.4 Å². The molecule has 3 aromatic rings. The number of carbonyl (C=O) groups excluding carboxylic acids is 1.